The molecule has 45 heavy (non-hydrogen) atoms. The minimum atomic E-state index is -0.623. The lowest BCUT2D eigenvalue weighted by molar-refractivity contribution is -0.0387. The van der Waals surface area contributed by atoms with Crippen molar-refractivity contribution in [2.75, 3.05) is 6.61 Å². The number of fused-ring (bicyclic) bond motifs is 1. The van der Waals surface area contributed by atoms with Gasteiger partial charge in [0, 0.05) is 23.6 Å². The maximum absolute atomic E-state index is 14.4. The van der Waals surface area contributed by atoms with E-state index < -0.39 is 11.4 Å². The van der Waals surface area contributed by atoms with Crippen molar-refractivity contribution in [1.82, 2.24) is 29.3 Å². The van der Waals surface area contributed by atoms with Crippen molar-refractivity contribution in [3.63, 3.8) is 0 Å². The van der Waals surface area contributed by atoms with Crippen molar-refractivity contribution in [3.05, 3.63) is 92.1 Å². The lowest BCUT2D eigenvalue weighted by Gasteiger charge is -2.31. The lowest BCUT2D eigenvalue weighted by atomic mass is 9.92. The van der Waals surface area contributed by atoms with Gasteiger partial charge in [-0.25, -0.2) is 9.31 Å². The number of aromatic nitrogens is 6. The minimum Gasteiger partial charge on any atom is -0.387 e. The summed E-state index contributed by atoms with van der Waals surface area (Å²) in [5.74, 6) is 1.03. The molecule has 2 aliphatic rings. The molecule has 11 nitrogen and oxygen atoms in total. The fourth-order valence-corrected chi connectivity index (χ4v) is 6.55. The molecule has 0 atom stereocenters. The first-order valence-electron chi connectivity index (χ1n) is 15.9. The Balaban J connectivity index is 1.20. The summed E-state index contributed by atoms with van der Waals surface area (Å²) in [7, 11) is 0. The van der Waals surface area contributed by atoms with Crippen LogP contribution in [0.4, 0.5) is 0 Å². The van der Waals surface area contributed by atoms with E-state index in [1.54, 1.807) is 0 Å². The predicted octanol–water partition coefficient (Wildman–Crippen LogP) is 4.78. The van der Waals surface area contributed by atoms with Crippen molar-refractivity contribution >= 4 is 5.78 Å². The van der Waals surface area contributed by atoms with Gasteiger partial charge in [0.1, 0.15) is 5.82 Å². The normalized spacial score (nSPS) is 19.3. The molecule has 2 aliphatic carbocycles. The molecule has 5 aromatic rings. The summed E-state index contributed by atoms with van der Waals surface area (Å²) >= 11 is 0. The molecule has 0 saturated heterocycles. The minimum absolute atomic E-state index is 0.000538. The molecule has 7 rings (SSSR count). The van der Waals surface area contributed by atoms with Gasteiger partial charge in [-0.3, -0.25) is 18.9 Å². The number of aryl methyl sites for hydroxylation is 2. The first kappa shape index (κ1) is 29.4. The number of rotatable bonds is 10. The first-order chi connectivity index (χ1) is 21.8. The topological polar surface area (TPSA) is 141 Å². The summed E-state index contributed by atoms with van der Waals surface area (Å²) in [5, 5.41) is 18.8. The second-order valence-corrected chi connectivity index (χ2v) is 12.6. The fraction of sp³-hybridized carbons (Fsp3) is 0.441. The standard InChI is InChI=1S/C34H38N6O5/c1-3-6-29-28(19-22-9-11-23(12-10-22)26-7-4-5-8-27(26)30-36-33(42)45-38-30)31(41)39(32-35-21(2)37-40(29)32)24-13-15-25(16-14-24)44-20-34(43)17-18-34/h4-5,7-12,24-25,43H,3,6,13-20H2,1-2H3,(H,36,38,42). The number of H-pyrrole nitrogens is 1. The van der Waals surface area contributed by atoms with Gasteiger partial charge in [0.2, 0.25) is 5.78 Å². The molecule has 0 unspecified atom stereocenters. The second-order valence-electron chi connectivity index (χ2n) is 12.6. The zero-order valence-electron chi connectivity index (χ0n) is 25.7. The van der Waals surface area contributed by atoms with Gasteiger partial charge in [0.15, 0.2) is 5.82 Å². The zero-order valence-corrected chi connectivity index (χ0v) is 25.7. The summed E-state index contributed by atoms with van der Waals surface area (Å²) in [5.41, 5.74) is 4.68. The van der Waals surface area contributed by atoms with Crippen LogP contribution >= 0.6 is 0 Å². The molecule has 2 saturated carbocycles. The maximum atomic E-state index is 14.4. The molecular weight excluding hydrogens is 572 g/mol. The molecule has 234 valence electrons. The SMILES string of the molecule is CCCc1c(Cc2ccc(-c3ccccc3-c3noc(=O)[nH]3)cc2)c(=O)n(C2CCC(OCC3(O)CC3)CC2)c2nc(C)nn12. The van der Waals surface area contributed by atoms with Crippen LogP contribution < -0.4 is 11.3 Å². The molecule has 3 heterocycles. The van der Waals surface area contributed by atoms with Crippen LogP contribution in [-0.2, 0) is 17.6 Å². The highest BCUT2D eigenvalue weighted by Gasteiger charge is 2.41. The summed E-state index contributed by atoms with van der Waals surface area (Å²) in [6, 6.07) is 15.9. The highest BCUT2D eigenvalue weighted by Crippen LogP contribution is 2.37. The van der Waals surface area contributed by atoms with E-state index in [9.17, 15) is 14.7 Å². The second kappa shape index (κ2) is 11.9. The third-order valence-electron chi connectivity index (χ3n) is 9.17. The number of hydrogen-bond acceptors (Lipinski definition) is 8. The van der Waals surface area contributed by atoms with Gasteiger partial charge in [0.05, 0.1) is 24.0 Å². The molecule has 2 aromatic carbocycles. The van der Waals surface area contributed by atoms with Crippen LogP contribution in [0.3, 0.4) is 0 Å². The van der Waals surface area contributed by atoms with Gasteiger partial charge >= 0.3 is 5.76 Å². The van der Waals surface area contributed by atoms with Crippen molar-refractivity contribution < 1.29 is 14.4 Å². The first-order valence-corrected chi connectivity index (χ1v) is 15.9. The van der Waals surface area contributed by atoms with Crippen molar-refractivity contribution in [2.45, 2.75) is 89.4 Å². The number of hydrogen-bond donors (Lipinski definition) is 2. The van der Waals surface area contributed by atoms with Crippen LogP contribution in [0, 0.1) is 6.92 Å². The van der Waals surface area contributed by atoms with E-state index in [2.05, 4.69) is 17.1 Å². The van der Waals surface area contributed by atoms with E-state index >= 15 is 0 Å². The number of nitrogens with one attached hydrogen (secondary N) is 1. The molecule has 2 fully saturated rings. The Kier molecular flexibility index (Phi) is 7.74. The highest BCUT2D eigenvalue weighted by molar-refractivity contribution is 5.80. The van der Waals surface area contributed by atoms with Crippen LogP contribution in [0.2, 0.25) is 0 Å². The molecule has 0 aliphatic heterocycles. The van der Waals surface area contributed by atoms with Crippen LogP contribution in [0.15, 0.2) is 62.6 Å². The third kappa shape index (κ3) is 5.89. The number of benzene rings is 2. The Morgan fingerprint density at radius 2 is 1.78 bits per heavy atom. The predicted molar refractivity (Wildman–Crippen MR) is 168 cm³/mol. The summed E-state index contributed by atoms with van der Waals surface area (Å²) in [6.45, 7) is 4.38. The molecule has 0 amide bonds. The third-order valence-corrected chi connectivity index (χ3v) is 9.17. The molecule has 0 bridgehead atoms. The average Bonchev–Trinajstić information content (AvgIpc) is 3.42. The Morgan fingerprint density at radius 3 is 2.44 bits per heavy atom. The number of nitrogens with zero attached hydrogens (tertiary/aromatic N) is 5. The Bertz CT molecular complexity index is 1940. The Hall–Kier alpha value is -4.35. The van der Waals surface area contributed by atoms with E-state index in [4.69, 9.17) is 19.3 Å². The summed E-state index contributed by atoms with van der Waals surface area (Å²) in [4.78, 5) is 33.4. The van der Waals surface area contributed by atoms with Gasteiger partial charge < -0.3 is 9.84 Å². The van der Waals surface area contributed by atoms with Crippen molar-refractivity contribution in [3.8, 4) is 22.5 Å². The number of aromatic amines is 1. The van der Waals surface area contributed by atoms with E-state index in [1.807, 2.05) is 64.5 Å². The van der Waals surface area contributed by atoms with Gasteiger partial charge in [0.25, 0.3) is 5.56 Å². The quantitative estimate of drug-likeness (QED) is 0.230. The van der Waals surface area contributed by atoms with Crippen LogP contribution in [0.5, 0.6) is 0 Å². The highest BCUT2D eigenvalue weighted by atomic mass is 16.5. The smallest absolute Gasteiger partial charge is 0.387 e. The largest absolute Gasteiger partial charge is 0.439 e. The zero-order chi connectivity index (χ0) is 31.1. The van der Waals surface area contributed by atoms with Crippen molar-refractivity contribution in [2.24, 2.45) is 0 Å². The Labute approximate surface area is 259 Å². The summed E-state index contributed by atoms with van der Waals surface area (Å²) in [6.07, 6.45) is 7.08. The molecule has 0 spiro atoms. The van der Waals surface area contributed by atoms with E-state index in [0.717, 1.165) is 84.9 Å². The van der Waals surface area contributed by atoms with E-state index in [0.29, 0.717) is 30.5 Å². The molecular formula is C34H38N6O5. The molecule has 11 heteroatoms. The number of ether oxygens (including phenoxy) is 1. The van der Waals surface area contributed by atoms with Crippen LogP contribution in [0.25, 0.3) is 28.3 Å². The Morgan fingerprint density at radius 1 is 1.04 bits per heavy atom. The fourth-order valence-electron chi connectivity index (χ4n) is 6.55. The van der Waals surface area contributed by atoms with Crippen LogP contribution in [0.1, 0.15) is 80.6 Å². The van der Waals surface area contributed by atoms with Gasteiger partial charge in [-0.2, -0.15) is 10.1 Å². The van der Waals surface area contributed by atoms with E-state index in [1.165, 1.54) is 0 Å². The average molecular weight is 611 g/mol. The monoisotopic (exact) mass is 610 g/mol. The molecule has 0 radical (unpaired) electrons. The van der Waals surface area contributed by atoms with Crippen LogP contribution in [-0.4, -0.2) is 52.7 Å². The maximum Gasteiger partial charge on any atom is 0.439 e. The molecule has 3 aromatic heterocycles. The van der Waals surface area contributed by atoms with E-state index in [-0.39, 0.29) is 17.7 Å². The summed E-state index contributed by atoms with van der Waals surface area (Å²) < 4.78 is 14.6. The van der Waals surface area contributed by atoms with Gasteiger partial charge in [-0.05, 0) is 68.6 Å². The van der Waals surface area contributed by atoms with Gasteiger partial charge in [-0.15, -0.1) is 0 Å². The lowest BCUT2D eigenvalue weighted by Crippen LogP contribution is -2.35. The van der Waals surface area contributed by atoms with Gasteiger partial charge in [-0.1, -0.05) is 67.0 Å². The molecule has 2 N–H and O–H groups in total. The number of aliphatic hydroxyl groups is 1. The van der Waals surface area contributed by atoms with Crippen molar-refractivity contribution in [1.29, 1.82) is 0 Å².